The van der Waals surface area contributed by atoms with E-state index in [1.54, 1.807) is 18.3 Å². The number of rotatable bonds is 3. The van der Waals surface area contributed by atoms with E-state index in [0.717, 1.165) is 25.9 Å². The van der Waals surface area contributed by atoms with Gasteiger partial charge in [-0.15, -0.1) is 0 Å². The Morgan fingerprint density at radius 1 is 1.41 bits per heavy atom. The monoisotopic (exact) mass is 234 g/mol. The van der Waals surface area contributed by atoms with Gasteiger partial charge in [0.1, 0.15) is 5.56 Å². The third-order valence-electron chi connectivity index (χ3n) is 2.93. The molecular formula is C13H18N2O2. The molecule has 1 amide bonds. The summed E-state index contributed by atoms with van der Waals surface area (Å²) >= 11 is 0. The predicted molar refractivity (Wildman–Crippen MR) is 65.2 cm³/mol. The van der Waals surface area contributed by atoms with Crippen LogP contribution >= 0.6 is 0 Å². The highest BCUT2D eigenvalue weighted by Crippen LogP contribution is 2.19. The first kappa shape index (κ1) is 11.9. The smallest absolute Gasteiger partial charge is 0.259 e. The normalized spacial score (nSPS) is 15.7. The van der Waals surface area contributed by atoms with Gasteiger partial charge in [0.05, 0.1) is 6.61 Å². The van der Waals surface area contributed by atoms with Gasteiger partial charge in [0.25, 0.3) is 5.91 Å². The Morgan fingerprint density at radius 2 is 2.18 bits per heavy atom. The number of carbonyl (C=O) groups is 1. The number of hydrogen-bond acceptors (Lipinski definition) is 3. The van der Waals surface area contributed by atoms with Crippen LogP contribution in [0.5, 0.6) is 5.88 Å². The average molecular weight is 234 g/mol. The van der Waals surface area contributed by atoms with E-state index in [2.05, 4.69) is 4.98 Å². The molecule has 1 aliphatic rings. The molecule has 0 unspecified atom stereocenters. The van der Waals surface area contributed by atoms with Gasteiger partial charge >= 0.3 is 0 Å². The van der Waals surface area contributed by atoms with Crippen LogP contribution in [0.15, 0.2) is 18.3 Å². The van der Waals surface area contributed by atoms with Gasteiger partial charge in [0.15, 0.2) is 0 Å². The van der Waals surface area contributed by atoms with E-state index in [1.165, 1.54) is 6.42 Å². The minimum Gasteiger partial charge on any atom is -0.477 e. The first-order chi connectivity index (χ1) is 8.33. The minimum atomic E-state index is 0.0428. The lowest BCUT2D eigenvalue weighted by atomic mass is 10.1. The van der Waals surface area contributed by atoms with E-state index >= 15 is 0 Å². The Hall–Kier alpha value is -1.58. The van der Waals surface area contributed by atoms with Crippen molar-refractivity contribution in [2.75, 3.05) is 19.7 Å². The minimum absolute atomic E-state index is 0.0428. The Bertz CT molecular complexity index is 387. The summed E-state index contributed by atoms with van der Waals surface area (Å²) in [5.74, 6) is 0.492. The molecule has 1 aromatic rings. The van der Waals surface area contributed by atoms with E-state index in [-0.39, 0.29) is 5.91 Å². The van der Waals surface area contributed by atoms with Crippen LogP contribution in [0.25, 0.3) is 0 Å². The number of aromatic nitrogens is 1. The van der Waals surface area contributed by atoms with E-state index in [1.807, 2.05) is 11.8 Å². The maximum absolute atomic E-state index is 12.3. The van der Waals surface area contributed by atoms with Crippen molar-refractivity contribution < 1.29 is 9.53 Å². The standard InChI is InChI=1S/C13H18N2O2/c1-2-17-12-11(7-6-8-14-12)13(16)15-9-4-3-5-10-15/h6-8H,2-5,9-10H2,1H3. The number of pyridine rings is 1. The summed E-state index contributed by atoms with van der Waals surface area (Å²) in [6.45, 7) is 4.11. The summed E-state index contributed by atoms with van der Waals surface area (Å²) < 4.78 is 5.39. The molecule has 1 fully saturated rings. The molecule has 0 bridgehead atoms. The van der Waals surface area contributed by atoms with Gasteiger partial charge in [-0.1, -0.05) is 0 Å². The Labute approximate surface area is 102 Å². The molecule has 4 nitrogen and oxygen atoms in total. The molecular weight excluding hydrogens is 216 g/mol. The van der Waals surface area contributed by atoms with Gasteiger partial charge in [-0.05, 0) is 38.3 Å². The molecule has 17 heavy (non-hydrogen) atoms. The average Bonchev–Trinajstić information content (AvgIpc) is 2.40. The summed E-state index contributed by atoms with van der Waals surface area (Å²) in [6.07, 6.45) is 5.05. The number of ether oxygens (including phenoxy) is 1. The number of carbonyl (C=O) groups excluding carboxylic acids is 1. The van der Waals surface area contributed by atoms with E-state index < -0.39 is 0 Å². The van der Waals surface area contributed by atoms with Crippen molar-refractivity contribution in [3.8, 4) is 5.88 Å². The Kier molecular flexibility index (Phi) is 3.96. The van der Waals surface area contributed by atoms with Crippen molar-refractivity contribution in [3.05, 3.63) is 23.9 Å². The third kappa shape index (κ3) is 2.75. The fourth-order valence-corrected chi connectivity index (χ4v) is 2.07. The molecule has 0 spiro atoms. The van der Waals surface area contributed by atoms with E-state index in [4.69, 9.17) is 4.74 Å². The van der Waals surface area contributed by atoms with Gasteiger partial charge in [0, 0.05) is 19.3 Å². The SMILES string of the molecule is CCOc1ncccc1C(=O)N1CCCCC1. The fraction of sp³-hybridized carbons (Fsp3) is 0.538. The lowest BCUT2D eigenvalue weighted by Crippen LogP contribution is -2.35. The first-order valence-electron chi connectivity index (χ1n) is 6.20. The van der Waals surface area contributed by atoms with Crippen molar-refractivity contribution >= 4 is 5.91 Å². The highest BCUT2D eigenvalue weighted by molar-refractivity contribution is 5.96. The zero-order valence-electron chi connectivity index (χ0n) is 10.2. The van der Waals surface area contributed by atoms with Crippen LogP contribution in [-0.4, -0.2) is 35.5 Å². The first-order valence-corrected chi connectivity index (χ1v) is 6.20. The molecule has 0 saturated carbocycles. The maximum atomic E-state index is 12.3. The van der Waals surface area contributed by atoms with E-state index in [9.17, 15) is 4.79 Å². The largest absolute Gasteiger partial charge is 0.477 e. The Balaban J connectivity index is 2.17. The van der Waals surface area contributed by atoms with Gasteiger partial charge in [-0.3, -0.25) is 4.79 Å². The van der Waals surface area contributed by atoms with E-state index in [0.29, 0.717) is 18.1 Å². The van der Waals surface area contributed by atoms with Gasteiger partial charge in [0.2, 0.25) is 5.88 Å². The van der Waals surface area contributed by atoms with Crippen molar-refractivity contribution in [1.82, 2.24) is 9.88 Å². The summed E-state index contributed by atoms with van der Waals surface area (Å²) in [5, 5.41) is 0. The lowest BCUT2D eigenvalue weighted by Gasteiger charge is -2.27. The Morgan fingerprint density at radius 3 is 2.88 bits per heavy atom. The van der Waals surface area contributed by atoms with Crippen LogP contribution in [0.1, 0.15) is 36.5 Å². The van der Waals surface area contributed by atoms with Crippen LogP contribution in [-0.2, 0) is 0 Å². The predicted octanol–water partition coefficient (Wildman–Crippen LogP) is 2.11. The maximum Gasteiger partial charge on any atom is 0.259 e. The number of amides is 1. The third-order valence-corrected chi connectivity index (χ3v) is 2.93. The van der Waals surface area contributed by atoms with Crippen molar-refractivity contribution in [3.63, 3.8) is 0 Å². The second-order valence-corrected chi connectivity index (χ2v) is 4.14. The van der Waals surface area contributed by atoms with Gasteiger partial charge < -0.3 is 9.64 Å². The molecule has 0 radical (unpaired) electrons. The second kappa shape index (κ2) is 5.66. The van der Waals surface area contributed by atoms with Crippen LogP contribution in [0.2, 0.25) is 0 Å². The van der Waals surface area contributed by atoms with Gasteiger partial charge in [-0.2, -0.15) is 0 Å². The molecule has 2 heterocycles. The molecule has 0 aromatic carbocycles. The second-order valence-electron chi connectivity index (χ2n) is 4.14. The molecule has 92 valence electrons. The van der Waals surface area contributed by atoms with Crippen molar-refractivity contribution in [2.45, 2.75) is 26.2 Å². The van der Waals surface area contributed by atoms with Crippen LogP contribution in [0, 0.1) is 0 Å². The number of piperidine rings is 1. The molecule has 4 heteroatoms. The summed E-state index contributed by atoms with van der Waals surface area (Å²) in [7, 11) is 0. The summed E-state index contributed by atoms with van der Waals surface area (Å²) in [6, 6.07) is 3.56. The van der Waals surface area contributed by atoms with Crippen molar-refractivity contribution in [1.29, 1.82) is 0 Å². The highest BCUT2D eigenvalue weighted by atomic mass is 16.5. The number of nitrogens with zero attached hydrogens (tertiary/aromatic N) is 2. The molecule has 1 aliphatic heterocycles. The molecule has 0 N–H and O–H groups in total. The lowest BCUT2D eigenvalue weighted by molar-refractivity contribution is 0.0719. The zero-order chi connectivity index (χ0) is 12.1. The summed E-state index contributed by atoms with van der Waals surface area (Å²) in [5.41, 5.74) is 0.580. The quantitative estimate of drug-likeness (QED) is 0.804. The molecule has 0 atom stereocenters. The van der Waals surface area contributed by atoms with Crippen LogP contribution < -0.4 is 4.74 Å². The number of likely N-dealkylation sites (tertiary alicyclic amines) is 1. The molecule has 0 aliphatic carbocycles. The zero-order valence-corrected chi connectivity index (χ0v) is 10.2. The molecule has 1 saturated heterocycles. The molecule has 1 aromatic heterocycles. The number of hydrogen-bond donors (Lipinski definition) is 0. The topological polar surface area (TPSA) is 42.4 Å². The van der Waals surface area contributed by atoms with Crippen LogP contribution in [0.3, 0.4) is 0 Å². The van der Waals surface area contributed by atoms with Gasteiger partial charge in [-0.25, -0.2) is 4.98 Å². The highest BCUT2D eigenvalue weighted by Gasteiger charge is 2.21. The van der Waals surface area contributed by atoms with Crippen LogP contribution in [0.4, 0.5) is 0 Å². The van der Waals surface area contributed by atoms with Crippen molar-refractivity contribution in [2.24, 2.45) is 0 Å². The summed E-state index contributed by atoms with van der Waals surface area (Å²) in [4.78, 5) is 18.3. The molecule has 2 rings (SSSR count). The fourth-order valence-electron chi connectivity index (χ4n) is 2.07.